The summed E-state index contributed by atoms with van der Waals surface area (Å²) in [7, 11) is 0. The van der Waals surface area contributed by atoms with Gasteiger partial charge in [0.1, 0.15) is 5.76 Å². The monoisotopic (exact) mass is 408 g/mol. The fourth-order valence-corrected chi connectivity index (χ4v) is 3.04. The number of rotatable bonds is 10. The number of carbonyl (C=O) groups is 2. The Bertz CT molecular complexity index is 901. The zero-order valence-electron chi connectivity index (χ0n) is 16.7. The number of nitrogens with zero attached hydrogens (tertiary/aromatic N) is 1. The van der Waals surface area contributed by atoms with Crippen LogP contribution in [-0.2, 0) is 14.3 Å². The number of esters is 1. The summed E-state index contributed by atoms with van der Waals surface area (Å²) in [6.07, 6.45) is 0.725. The largest absolute Gasteiger partial charge is 0.463 e. The van der Waals surface area contributed by atoms with E-state index in [4.69, 9.17) is 14.0 Å². The van der Waals surface area contributed by atoms with Gasteiger partial charge in [0.15, 0.2) is 13.2 Å². The third kappa shape index (κ3) is 6.48. The van der Waals surface area contributed by atoms with Gasteiger partial charge in [0.2, 0.25) is 0 Å². The zero-order valence-corrected chi connectivity index (χ0v) is 16.7. The zero-order chi connectivity index (χ0) is 21.2. The van der Waals surface area contributed by atoms with E-state index in [0.29, 0.717) is 12.3 Å². The second kappa shape index (κ2) is 10.8. The molecule has 3 aromatic rings. The molecule has 0 aliphatic rings. The lowest BCUT2D eigenvalue weighted by Crippen LogP contribution is -2.31. The highest BCUT2D eigenvalue weighted by molar-refractivity contribution is 5.80. The third-order valence-electron chi connectivity index (χ3n) is 4.47. The fourth-order valence-electron chi connectivity index (χ4n) is 3.04. The van der Waals surface area contributed by atoms with Crippen LogP contribution >= 0.6 is 0 Å². The van der Waals surface area contributed by atoms with E-state index in [1.54, 1.807) is 13.0 Å². The molecule has 1 aromatic heterocycles. The van der Waals surface area contributed by atoms with Gasteiger partial charge in [0, 0.05) is 18.5 Å². The Morgan fingerprint density at radius 3 is 2.20 bits per heavy atom. The van der Waals surface area contributed by atoms with Crippen LogP contribution in [0.25, 0.3) is 0 Å². The Morgan fingerprint density at radius 1 is 1.00 bits per heavy atom. The van der Waals surface area contributed by atoms with Crippen LogP contribution in [0, 0.1) is 6.92 Å². The van der Waals surface area contributed by atoms with Crippen LogP contribution in [0.2, 0.25) is 0 Å². The molecule has 7 nitrogen and oxygen atoms in total. The molecular weight excluding hydrogens is 384 g/mol. The normalized spacial score (nSPS) is 10.6. The number of carbonyl (C=O) groups excluding carboxylic acids is 2. The Labute approximate surface area is 175 Å². The lowest BCUT2D eigenvalue weighted by molar-refractivity contribution is -0.150. The van der Waals surface area contributed by atoms with Gasteiger partial charge in [-0.05, 0) is 29.6 Å². The van der Waals surface area contributed by atoms with E-state index in [-0.39, 0.29) is 30.9 Å². The van der Waals surface area contributed by atoms with E-state index in [2.05, 4.69) is 34.7 Å². The number of benzene rings is 2. The molecule has 0 atom stereocenters. The molecule has 2 aromatic carbocycles. The number of hydrogen-bond donors (Lipinski definition) is 1. The first-order valence-electron chi connectivity index (χ1n) is 9.70. The summed E-state index contributed by atoms with van der Waals surface area (Å²) in [6.45, 7) is 1.47. The number of aromatic nitrogens is 1. The minimum Gasteiger partial charge on any atom is -0.463 e. The van der Waals surface area contributed by atoms with Crippen LogP contribution in [0.4, 0.5) is 0 Å². The van der Waals surface area contributed by atoms with Crippen molar-refractivity contribution in [3.8, 4) is 5.88 Å². The highest BCUT2D eigenvalue weighted by Gasteiger charge is 2.15. The molecule has 0 aliphatic heterocycles. The third-order valence-corrected chi connectivity index (χ3v) is 4.47. The Morgan fingerprint density at radius 2 is 1.63 bits per heavy atom. The molecule has 0 fully saturated rings. The molecule has 1 N–H and O–H groups in total. The topological polar surface area (TPSA) is 90.7 Å². The maximum absolute atomic E-state index is 12.0. The van der Waals surface area contributed by atoms with Crippen LogP contribution in [0.3, 0.4) is 0 Å². The summed E-state index contributed by atoms with van der Waals surface area (Å²) < 4.78 is 14.9. The molecule has 0 radical (unpaired) electrons. The molecule has 3 rings (SSSR count). The second-order valence-corrected chi connectivity index (χ2v) is 6.74. The Balaban J connectivity index is 1.42. The molecule has 156 valence electrons. The number of hydrogen-bond acceptors (Lipinski definition) is 6. The average molecular weight is 408 g/mol. The number of ether oxygens (including phenoxy) is 2. The fraction of sp³-hybridized carbons (Fsp3) is 0.261. The standard InChI is InChI=1S/C23H24N2O5/c1-17-14-22(25-30-17)28-16-23(27)29-15-21(26)24-13-12-20(18-8-4-2-5-9-18)19-10-6-3-7-11-19/h2-11,14,20H,12-13,15-16H2,1H3,(H,24,26). The van der Waals surface area contributed by atoms with Crippen LogP contribution < -0.4 is 10.1 Å². The van der Waals surface area contributed by atoms with Crippen LogP contribution in [-0.4, -0.2) is 36.8 Å². The Hall–Kier alpha value is -3.61. The van der Waals surface area contributed by atoms with Gasteiger partial charge < -0.3 is 19.3 Å². The summed E-state index contributed by atoms with van der Waals surface area (Å²) >= 11 is 0. The summed E-state index contributed by atoms with van der Waals surface area (Å²) in [5.41, 5.74) is 2.37. The van der Waals surface area contributed by atoms with E-state index in [0.717, 1.165) is 6.42 Å². The van der Waals surface area contributed by atoms with Crippen molar-refractivity contribution in [1.82, 2.24) is 10.5 Å². The van der Waals surface area contributed by atoms with E-state index < -0.39 is 5.97 Å². The SMILES string of the molecule is Cc1cc(OCC(=O)OCC(=O)NCCC(c2ccccc2)c2ccccc2)no1. The smallest absolute Gasteiger partial charge is 0.344 e. The quantitative estimate of drug-likeness (QED) is 0.518. The van der Waals surface area contributed by atoms with Crippen molar-refractivity contribution in [3.05, 3.63) is 83.6 Å². The number of nitrogens with one attached hydrogen (secondary N) is 1. The summed E-state index contributed by atoms with van der Waals surface area (Å²) in [6, 6.07) is 21.9. The Kier molecular flexibility index (Phi) is 7.60. The van der Waals surface area contributed by atoms with Gasteiger partial charge in [-0.2, -0.15) is 0 Å². The first-order valence-corrected chi connectivity index (χ1v) is 9.70. The van der Waals surface area contributed by atoms with E-state index in [1.165, 1.54) is 11.1 Å². The van der Waals surface area contributed by atoms with Gasteiger partial charge in [0.05, 0.1) is 0 Å². The lowest BCUT2D eigenvalue weighted by atomic mass is 9.88. The molecule has 0 bridgehead atoms. The maximum atomic E-state index is 12.0. The van der Waals surface area contributed by atoms with Crippen LogP contribution in [0.15, 0.2) is 71.3 Å². The predicted octanol–water partition coefficient (Wildman–Crippen LogP) is 3.24. The molecule has 0 saturated heterocycles. The number of aryl methyl sites for hydroxylation is 1. The van der Waals surface area contributed by atoms with E-state index >= 15 is 0 Å². The number of amides is 1. The molecular formula is C23H24N2O5. The molecule has 0 aliphatic carbocycles. The van der Waals surface area contributed by atoms with Gasteiger partial charge in [-0.3, -0.25) is 4.79 Å². The van der Waals surface area contributed by atoms with Crippen molar-refractivity contribution >= 4 is 11.9 Å². The van der Waals surface area contributed by atoms with Crippen LogP contribution in [0.1, 0.15) is 29.2 Å². The van der Waals surface area contributed by atoms with Gasteiger partial charge in [0.25, 0.3) is 11.8 Å². The predicted molar refractivity (Wildman–Crippen MR) is 110 cm³/mol. The van der Waals surface area contributed by atoms with Gasteiger partial charge in [-0.1, -0.05) is 60.7 Å². The molecule has 7 heteroatoms. The summed E-state index contributed by atoms with van der Waals surface area (Å²) in [5, 5.41) is 6.41. The van der Waals surface area contributed by atoms with Crippen molar-refractivity contribution in [2.45, 2.75) is 19.3 Å². The molecule has 30 heavy (non-hydrogen) atoms. The van der Waals surface area contributed by atoms with Gasteiger partial charge in [-0.25, -0.2) is 4.79 Å². The summed E-state index contributed by atoms with van der Waals surface area (Å²) in [4.78, 5) is 23.7. The average Bonchev–Trinajstić information content (AvgIpc) is 3.20. The molecule has 0 unspecified atom stereocenters. The highest BCUT2D eigenvalue weighted by atomic mass is 16.6. The first-order chi connectivity index (χ1) is 14.6. The van der Waals surface area contributed by atoms with Crippen molar-refractivity contribution in [3.63, 3.8) is 0 Å². The highest BCUT2D eigenvalue weighted by Crippen LogP contribution is 2.27. The lowest BCUT2D eigenvalue weighted by Gasteiger charge is -2.18. The van der Waals surface area contributed by atoms with Gasteiger partial charge >= 0.3 is 5.97 Å². The van der Waals surface area contributed by atoms with E-state index in [1.807, 2.05) is 36.4 Å². The molecule has 0 saturated carbocycles. The minimum absolute atomic E-state index is 0.162. The molecule has 1 heterocycles. The molecule has 0 spiro atoms. The van der Waals surface area contributed by atoms with Crippen molar-refractivity contribution in [2.24, 2.45) is 0 Å². The van der Waals surface area contributed by atoms with Crippen molar-refractivity contribution in [2.75, 3.05) is 19.8 Å². The molecule has 1 amide bonds. The maximum Gasteiger partial charge on any atom is 0.344 e. The minimum atomic E-state index is -0.655. The van der Waals surface area contributed by atoms with Crippen molar-refractivity contribution in [1.29, 1.82) is 0 Å². The van der Waals surface area contributed by atoms with Crippen LogP contribution in [0.5, 0.6) is 5.88 Å². The second-order valence-electron chi connectivity index (χ2n) is 6.74. The first kappa shape index (κ1) is 21.1. The van der Waals surface area contributed by atoms with E-state index in [9.17, 15) is 9.59 Å². The summed E-state index contributed by atoms with van der Waals surface area (Å²) in [5.74, 6) is -0.0869. The van der Waals surface area contributed by atoms with Gasteiger partial charge in [-0.15, -0.1) is 0 Å². The van der Waals surface area contributed by atoms with Crippen molar-refractivity contribution < 1.29 is 23.6 Å².